The fraction of sp³-hybridized carbons (Fsp3) is 0.333. The fourth-order valence-electron chi connectivity index (χ4n) is 1.95. The van der Waals surface area contributed by atoms with Crippen LogP contribution in [0.4, 0.5) is 5.13 Å². The molecule has 112 valence electrons. The smallest absolute Gasteiger partial charge is 0.243 e. The molecule has 1 amide bonds. The van der Waals surface area contributed by atoms with E-state index in [2.05, 4.69) is 10.3 Å². The summed E-state index contributed by atoms with van der Waals surface area (Å²) in [6, 6.07) is 7.15. The van der Waals surface area contributed by atoms with Crippen LogP contribution >= 0.6 is 11.3 Å². The predicted molar refractivity (Wildman–Crippen MR) is 85.6 cm³/mol. The SMILES string of the molecule is CCCC(N)C(=O)Nc1nc(-c2ccccc2OC)cs1. The minimum atomic E-state index is -0.492. The number of benzene rings is 1. The summed E-state index contributed by atoms with van der Waals surface area (Å²) >= 11 is 1.37. The van der Waals surface area contributed by atoms with E-state index in [1.165, 1.54) is 11.3 Å². The molecule has 0 radical (unpaired) electrons. The van der Waals surface area contributed by atoms with Crippen LogP contribution in [0.15, 0.2) is 29.6 Å². The molecule has 0 saturated heterocycles. The Kier molecular flexibility index (Phi) is 5.30. The van der Waals surface area contributed by atoms with Gasteiger partial charge in [-0.25, -0.2) is 4.98 Å². The van der Waals surface area contributed by atoms with Crippen LogP contribution in [0.5, 0.6) is 5.75 Å². The maximum Gasteiger partial charge on any atom is 0.243 e. The van der Waals surface area contributed by atoms with Crippen LogP contribution in [-0.4, -0.2) is 24.0 Å². The van der Waals surface area contributed by atoms with E-state index in [9.17, 15) is 4.79 Å². The van der Waals surface area contributed by atoms with Gasteiger partial charge in [-0.15, -0.1) is 11.3 Å². The number of nitrogens with two attached hydrogens (primary N) is 1. The molecule has 0 aliphatic carbocycles. The highest BCUT2D eigenvalue weighted by molar-refractivity contribution is 7.14. The molecular formula is C15H19N3O2S. The van der Waals surface area contributed by atoms with Crippen molar-refractivity contribution in [3.8, 4) is 17.0 Å². The summed E-state index contributed by atoms with van der Waals surface area (Å²) in [5.41, 5.74) is 7.46. The van der Waals surface area contributed by atoms with E-state index in [1.807, 2.05) is 36.6 Å². The quantitative estimate of drug-likeness (QED) is 0.860. The molecule has 0 spiro atoms. The monoisotopic (exact) mass is 305 g/mol. The first-order chi connectivity index (χ1) is 10.2. The highest BCUT2D eigenvalue weighted by Gasteiger charge is 2.15. The van der Waals surface area contributed by atoms with Crippen molar-refractivity contribution < 1.29 is 9.53 Å². The molecule has 3 N–H and O–H groups in total. The maximum atomic E-state index is 11.9. The minimum absolute atomic E-state index is 0.197. The number of ether oxygens (including phenoxy) is 1. The molecule has 0 aliphatic heterocycles. The molecule has 1 aromatic heterocycles. The minimum Gasteiger partial charge on any atom is -0.496 e. The standard InChI is InChI=1S/C15H19N3O2S/c1-3-6-11(16)14(19)18-15-17-12(9-21-15)10-7-4-5-8-13(10)20-2/h4-5,7-9,11H,3,6,16H2,1-2H3,(H,17,18,19). The van der Waals surface area contributed by atoms with Gasteiger partial charge < -0.3 is 15.8 Å². The number of hydrogen-bond acceptors (Lipinski definition) is 5. The van der Waals surface area contributed by atoms with E-state index in [1.54, 1.807) is 7.11 Å². The second kappa shape index (κ2) is 7.19. The van der Waals surface area contributed by atoms with Crippen LogP contribution in [0, 0.1) is 0 Å². The van der Waals surface area contributed by atoms with Crippen molar-refractivity contribution >= 4 is 22.4 Å². The van der Waals surface area contributed by atoms with E-state index < -0.39 is 6.04 Å². The highest BCUT2D eigenvalue weighted by Crippen LogP contribution is 2.31. The Balaban J connectivity index is 2.13. The zero-order chi connectivity index (χ0) is 15.2. The number of anilines is 1. The number of carbonyl (C=O) groups excluding carboxylic acids is 1. The van der Waals surface area contributed by atoms with Gasteiger partial charge in [0, 0.05) is 10.9 Å². The highest BCUT2D eigenvalue weighted by atomic mass is 32.1. The normalized spacial score (nSPS) is 12.0. The molecule has 5 nitrogen and oxygen atoms in total. The van der Waals surface area contributed by atoms with E-state index in [0.717, 1.165) is 23.4 Å². The lowest BCUT2D eigenvalue weighted by atomic mass is 10.1. The van der Waals surface area contributed by atoms with E-state index in [-0.39, 0.29) is 5.91 Å². The number of hydrogen-bond donors (Lipinski definition) is 2. The first-order valence-electron chi connectivity index (χ1n) is 6.81. The van der Waals surface area contributed by atoms with Crippen molar-refractivity contribution in [3.63, 3.8) is 0 Å². The number of carbonyl (C=O) groups is 1. The van der Waals surface area contributed by atoms with Crippen LogP contribution < -0.4 is 15.8 Å². The van der Waals surface area contributed by atoms with Crippen molar-refractivity contribution in [1.29, 1.82) is 0 Å². The maximum absolute atomic E-state index is 11.9. The summed E-state index contributed by atoms with van der Waals surface area (Å²) < 4.78 is 5.32. The number of aromatic nitrogens is 1. The molecule has 2 aromatic rings. The van der Waals surface area contributed by atoms with E-state index in [4.69, 9.17) is 10.5 Å². The molecule has 1 heterocycles. The van der Waals surface area contributed by atoms with Crippen LogP contribution in [0.2, 0.25) is 0 Å². The Bertz CT molecular complexity index is 612. The van der Waals surface area contributed by atoms with Gasteiger partial charge in [0.25, 0.3) is 0 Å². The second-order valence-electron chi connectivity index (χ2n) is 4.62. The number of methoxy groups -OCH3 is 1. The molecule has 0 aliphatic rings. The average Bonchev–Trinajstić information content (AvgIpc) is 2.95. The summed E-state index contributed by atoms with van der Waals surface area (Å²) in [7, 11) is 1.62. The number of para-hydroxylation sites is 1. The molecule has 0 fully saturated rings. The lowest BCUT2D eigenvalue weighted by molar-refractivity contribution is -0.117. The summed E-state index contributed by atoms with van der Waals surface area (Å²) in [6.07, 6.45) is 1.54. The van der Waals surface area contributed by atoms with E-state index >= 15 is 0 Å². The third kappa shape index (κ3) is 3.80. The molecule has 2 rings (SSSR count). The Morgan fingerprint density at radius 3 is 2.95 bits per heavy atom. The molecule has 1 aromatic carbocycles. The van der Waals surface area contributed by atoms with Crippen LogP contribution in [0.25, 0.3) is 11.3 Å². The van der Waals surface area contributed by atoms with Gasteiger partial charge in [0.15, 0.2) is 5.13 Å². The Morgan fingerprint density at radius 1 is 1.48 bits per heavy atom. The van der Waals surface area contributed by atoms with Crippen LogP contribution in [0.3, 0.4) is 0 Å². The number of rotatable bonds is 6. The van der Waals surface area contributed by atoms with Crippen molar-refractivity contribution in [1.82, 2.24) is 4.98 Å². The molecule has 21 heavy (non-hydrogen) atoms. The van der Waals surface area contributed by atoms with Gasteiger partial charge in [-0.2, -0.15) is 0 Å². The molecule has 1 unspecified atom stereocenters. The first-order valence-corrected chi connectivity index (χ1v) is 7.69. The Labute approximate surface area is 128 Å². The predicted octanol–water partition coefficient (Wildman–Crippen LogP) is 2.88. The third-order valence-electron chi connectivity index (χ3n) is 3.05. The summed E-state index contributed by atoms with van der Waals surface area (Å²) in [6.45, 7) is 2.00. The molecule has 0 bridgehead atoms. The summed E-state index contributed by atoms with van der Waals surface area (Å²) in [4.78, 5) is 16.3. The van der Waals surface area contributed by atoms with Crippen molar-refractivity contribution in [3.05, 3.63) is 29.6 Å². The van der Waals surface area contributed by atoms with Gasteiger partial charge in [0.2, 0.25) is 5.91 Å². The van der Waals surface area contributed by atoms with Gasteiger partial charge in [-0.3, -0.25) is 4.79 Å². The van der Waals surface area contributed by atoms with Crippen molar-refractivity contribution in [2.24, 2.45) is 5.73 Å². The summed E-state index contributed by atoms with van der Waals surface area (Å²) in [5, 5.41) is 5.19. The first kappa shape index (κ1) is 15.5. The molecule has 1 atom stereocenters. The fourth-order valence-corrected chi connectivity index (χ4v) is 2.66. The van der Waals surface area contributed by atoms with Gasteiger partial charge in [-0.1, -0.05) is 25.5 Å². The number of nitrogens with zero attached hydrogens (tertiary/aromatic N) is 1. The molecular weight excluding hydrogens is 286 g/mol. The zero-order valence-corrected chi connectivity index (χ0v) is 12.9. The number of amides is 1. The topological polar surface area (TPSA) is 77.2 Å². The van der Waals surface area contributed by atoms with Crippen LogP contribution in [-0.2, 0) is 4.79 Å². The van der Waals surface area contributed by atoms with Gasteiger partial charge in [0.1, 0.15) is 5.75 Å². The number of thiazole rings is 1. The average molecular weight is 305 g/mol. The largest absolute Gasteiger partial charge is 0.496 e. The molecule has 0 saturated carbocycles. The molecule has 6 heteroatoms. The second-order valence-corrected chi connectivity index (χ2v) is 5.48. The van der Waals surface area contributed by atoms with Gasteiger partial charge in [0.05, 0.1) is 18.8 Å². The van der Waals surface area contributed by atoms with Gasteiger partial charge >= 0.3 is 0 Å². The number of nitrogens with one attached hydrogen (secondary N) is 1. The van der Waals surface area contributed by atoms with Crippen molar-refractivity contribution in [2.75, 3.05) is 12.4 Å². The zero-order valence-electron chi connectivity index (χ0n) is 12.1. The lowest BCUT2D eigenvalue weighted by Gasteiger charge is -2.08. The van der Waals surface area contributed by atoms with Gasteiger partial charge in [-0.05, 0) is 18.6 Å². The van der Waals surface area contributed by atoms with Crippen LogP contribution in [0.1, 0.15) is 19.8 Å². The Morgan fingerprint density at radius 2 is 2.24 bits per heavy atom. The third-order valence-corrected chi connectivity index (χ3v) is 3.81. The summed E-state index contributed by atoms with van der Waals surface area (Å²) in [5.74, 6) is 0.557. The van der Waals surface area contributed by atoms with Crippen molar-refractivity contribution in [2.45, 2.75) is 25.8 Å². The van der Waals surface area contributed by atoms with E-state index in [0.29, 0.717) is 11.6 Å². The Hall–Kier alpha value is -1.92. The lowest BCUT2D eigenvalue weighted by Crippen LogP contribution is -2.35.